The third-order valence-corrected chi connectivity index (χ3v) is 8.98. The van der Waals surface area contributed by atoms with Crippen LogP contribution < -0.4 is 4.57 Å². The highest BCUT2D eigenvalue weighted by atomic mass is 16.3. The topological polar surface area (TPSA) is 17.0 Å². The lowest BCUT2D eigenvalue weighted by Gasteiger charge is -2.24. The number of aryl methyl sites for hydroxylation is 1. The molecule has 0 N–H and O–H groups in total. The third-order valence-electron chi connectivity index (χ3n) is 8.98. The van der Waals surface area contributed by atoms with Crippen LogP contribution in [0.1, 0.15) is 82.6 Å². The first-order chi connectivity index (χ1) is 20.5. The molecule has 2 aromatic heterocycles. The molecule has 0 unspecified atom stereocenters. The van der Waals surface area contributed by atoms with Crippen molar-refractivity contribution >= 4 is 21.9 Å². The van der Waals surface area contributed by atoms with Crippen molar-refractivity contribution in [2.45, 2.75) is 72.6 Å². The number of aromatic nitrogens is 1. The maximum atomic E-state index is 6.66. The lowest BCUT2D eigenvalue weighted by atomic mass is 9.80. The van der Waals surface area contributed by atoms with Gasteiger partial charge in [0.2, 0.25) is 5.69 Å². The standard InChI is InChI=1S/C41H44NO/c1-25(2)32-21-30(28-15-11-10-12-16-28)22-33(26(3)4)39(32)29-19-20-42(9)36(23-29)38-27(5)35(41(6,7)8)24-34-31-17-13-14-18-37(31)43-40(34)38/h10-26H,1-9H3/q+1. The van der Waals surface area contributed by atoms with E-state index in [2.05, 4.69) is 158 Å². The van der Waals surface area contributed by atoms with Crippen molar-refractivity contribution < 1.29 is 8.98 Å². The Morgan fingerprint density at radius 2 is 1.28 bits per heavy atom. The summed E-state index contributed by atoms with van der Waals surface area (Å²) in [5.41, 5.74) is 14.8. The van der Waals surface area contributed by atoms with Crippen LogP contribution in [0.15, 0.2) is 95.5 Å². The monoisotopic (exact) mass is 566 g/mol. The summed E-state index contributed by atoms with van der Waals surface area (Å²) < 4.78 is 8.92. The normalized spacial score (nSPS) is 12.3. The molecule has 0 bridgehead atoms. The van der Waals surface area contributed by atoms with Gasteiger partial charge in [-0.1, -0.05) is 109 Å². The van der Waals surface area contributed by atoms with Gasteiger partial charge in [0, 0.05) is 22.9 Å². The van der Waals surface area contributed by atoms with Crippen LogP contribution in [-0.2, 0) is 12.5 Å². The molecule has 0 atom stereocenters. The second-order valence-corrected chi connectivity index (χ2v) is 13.8. The van der Waals surface area contributed by atoms with Crippen molar-refractivity contribution in [3.05, 3.63) is 113 Å². The lowest BCUT2D eigenvalue weighted by molar-refractivity contribution is -0.660. The summed E-state index contributed by atoms with van der Waals surface area (Å²) in [6.45, 7) is 18.5. The number of fused-ring (bicyclic) bond motifs is 3. The molecule has 0 aliphatic heterocycles. The summed E-state index contributed by atoms with van der Waals surface area (Å²) in [6, 6.07) is 31.1. The second kappa shape index (κ2) is 10.8. The molecule has 0 spiro atoms. The van der Waals surface area contributed by atoms with Gasteiger partial charge < -0.3 is 4.42 Å². The van der Waals surface area contributed by atoms with Crippen molar-refractivity contribution in [3.8, 4) is 33.5 Å². The van der Waals surface area contributed by atoms with Gasteiger partial charge in [-0.2, -0.15) is 0 Å². The van der Waals surface area contributed by atoms with E-state index in [1.807, 2.05) is 0 Å². The van der Waals surface area contributed by atoms with Gasteiger partial charge in [0.1, 0.15) is 18.2 Å². The van der Waals surface area contributed by atoms with E-state index in [4.69, 9.17) is 4.42 Å². The average Bonchev–Trinajstić information content (AvgIpc) is 3.35. The number of hydrogen-bond acceptors (Lipinski definition) is 1. The fourth-order valence-electron chi connectivity index (χ4n) is 6.74. The Labute approximate surface area is 257 Å². The summed E-state index contributed by atoms with van der Waals surface area (Å²) in [5, 5.41) is 2.35. The lowest BCUT2D eigenvalue weighted by Crippen LogP contribution is -2.31. The highest BCUT2D eigenvalue weighted by Gasteiger charge is 2.28. The fraction of sp³-hybridized carbons (Fsp3) is 0.293. The molecule has 6 aromatic rings. The van der Waals surface area contributed by atoms with Gasteiger partial charge in [0.25, 0.3) is 0 Å². The van der Waals surface area contributed by atoms with Gasteiger partial charge in [-0.15, -0.1) is 0 Å². The van der Waals surface area contributed by atoms with Crippen LogP contribution in [0.25, 0.3) is 55.4 Å². The van der Waals surface area contributed by atoms with Crippen LogP contribution in [0, 0.1) is 6.92 Å². The number of rotatable bonds is 5. The van der Waals surface area contributed by atoms with Gasteiger partial charge in [0.15, 0.2) is 6.20 Å². The van der Waals surface area contributed by atoms with E-state index in [0.717, 1.165) is 11.2 Å². The summed E-state index contributed by atoms with van der Waals surface area (Å²) in [6.07, 6.45) is 2.22. The van der Waals surface area contributed by atoms with Crippen molar-refractivity contribution in [2.75, 3.05) is 0 Å². The predicted octanol–water partition coefficient (Wildman–Crippen LogP) is 11.3. The Hall–Kier alpha value is -4.17. The average molecular weight is 567 g/mol. The molecule has 218 valence electrons. The number of para-hydroxylation sites is 1. The molecular formula is C41H44NO+. The summed E-state index contributed by atoms with van der Waals surface area (Å²) >= 11 is 0. The van der Waals surface area contributed by atoms with Crippen LogP contribution in [0.5, 0.6) is 0 Å². The van der Waals surface area contributed by atoms with Crippen LogP contribution >= 0.6 is 0 Å². The van der Waals surface area contributed by atoms with E-state index in [1.54, 1.807) is 0 Å². The zero-order chi connectivity index (χ0) is 30.6. The minimum absolute atomic E-state index is 0.00945. The fourth-order valence-corrected chi connectivity index (χ4v) is 6.74. The molecule has 0 aliphatic rings. The molecule has 0 aliphatic carbocycles. The first kappa shape index (κ1) is 28.9. The second-order valence-electron chi connectivity index (χ2n) is 13.8. The number of benzene rings is 4. The molecule has 43 heavy (non-hydrogen) atoms. The van der Waals surface area contributed by atoms with Gasteiger partial charge in [0.05, 0.1) is 5.56 Å². The first-order valence-electron chi connectivity index (χ1n) is 15.6. The molecule has 2 heteroatoms. The van der Waals surface area contributed by atoms with E-state index >= 15 is 0 Å². The smallest absolute Gasteiger partial charge is 0.216 e. The predicted molar refractivity (Wildman–Crippen MR) is 183 cm³/mol. The molecular weight excluding hydrogens is 522 g/mol. The Kier molecular flexibility index (Phi) is 7.29. The largest absolute Gasteiger partial charge is 0.455 e. The van der Waals surface area contributed by atoms with Crippen LogP contribution in [-0.4, -0.2) is 0 Å². The van der Waals surface area contributed by atoms with Crippen molar-refractivity contribution in [2.24, 2.45) is 7.05 Å². The Morgan fingerprint density at radius 1 is 0.651 bits per heavy atom. The Morgan fingerprint density at radius 3 is 1.91 bits per heavy atom. The zero-order valence-corrected chi connectivity index (χ0v) is 27.2. The van der Waals surface area contributed by atoms with Crippen molar-refractivity contribution in [1.29, 1.82) is 0 Å². The Bertz CT molecular complexity index is 1940. The van der Waals surface area contributed by atoms with Crippen LogP contribution in [0.2, 0.25) is 0 Å². The highest BCUT2D eigenvalue weighted by molar-refractivity contribution is 6.10. The minimum Gasteiger partial charge on any atom is -0.455 e. The van der Waals surface area contributed by atoms with E-state index in [1.165, 1.54) is 66.5 Å². The van der Waals surface area contributed by atoms with Crippen molar-refractivity contribution in [1.82, 2.24) is 0 Å². The summed E-state index contributed by atoms with van der Waals surface area (Å²) in [4.78, 5) is 0. The van der Waals surface area contributed by atoms with Gasteiger partial charge in [-0.3, -0.25) is 0 Å². The van der Waals surface area contributed by atoms with Gasteiger partial charge in [-0.05, 0) is 80.8 Å². The van der Waals surface area contributed by atoms with E-state index < -0.39 is 0 Å². The van der Waals surface area contributed by atoms with Gasteiger partial charge in [-0.25, -0.2) is 4.57 Å². The van der Waals surface area contributed by atoms with Gasteiger partial charge >= 0.3 is 0 Å². The third kappa shape index (κ3) is 5.07. The SMILES string of the molecule is Cc1c(C(C)(C)C)cc2c(oc3ccccc32)c1-c1cc(-c2c(C(C)C)cc(-c3ccccc3)cc2C(C)C)cc[n+]1C. The van der Waals surface area contributed by atoms with Crippen LogP contribution in [0.3, 0.4) is 0 Å². The Balaban J connectivity index is 1.67. The molecule has 0 amide bonds. The molecule has 0 saturated heterocycles. The molecule has 4 aromatic carbocycles. The molecule has 2 nitrogen and oxygen atoms in total. The maximum absolute atomic E-state index is 6.66. The number of nitrogens with zero attached hydrogens (tertiary/aromatic N) is 1. The molecule has 0 saturated carbocycles. The molecule has 2 heterocycles. The molecule has 6 rings (SSSR count). The summed E-state index contributed by atoms with van der Waals surface area (Å²) in [7, 11) is 2.15. The van der Waals surface area contributed by atoms with E-state index in [0.29, 0.717) is 11.8 Å². The highest BCUT2D eigenvalue weighted by Crippen LogP contribution is 2.44. The summed E-state index contributed by atoms with van der Waals surface area (Å²) in [5.74, 6) is 0.753. The van der Waals surface area contributed by atoms with E-state index in [9.17, 15) is 0 Å². The molecule has 0 fully saturated rings. The van der Waals surface area contributed by atoms with Crippen LogP contribution in [0.4, 0.5) is 0 Å². The van der Waals surface area contributed by atoms with Crippen molar-refractivity contribution in [3.63, 3.8) is 0 Å². The first-order valence-corrected chi connectivity index (χ1v) is 15.6. The number of pyridine rings is 1. The zero-order valence-electron chi connectivity index (χ0n) is 27.2. The van der Waals surface area contributed by atoms with E-state index in [-0.39, 0.29) is 5.41 Å². The quantitative estimate of drug-likeness (QED) is 0.190. The molecule has 0 radical (unpaired) electrons. The minimum atomic E-state index is -0.00945. The number of furan rings is 1. The number of hydrogen-bond donors (Lipinski definition) is 0. The maximum Gasteiger partial charge on any atom is 0.216 e.